The van der Waals surface area contributed by atoms with Gasteiger partial charge in [0, 0.05) is 25.8 Å². The molecule has 2 heterocycles. The summed E-state index contributed by atoms with van der Waals surface area (Å²) in [5, 5.41) is 0. The van der Waals surface area contributed by atoms with E-state index in [1.807, 2.05) is 20.9 Å². The van der Waals surface area contributed by atoms with Gasteiger partial charge in [-0.1, -0.05) is 12.8 Å². The highest BCUT2D eigenvalue weighted by atomic mass is 16.2. The van der Waals surface area contributed by atoms with Gasteiger partial charge in [0.05, 0.1) is 0 Å². The zero-order valence-corrected chi connectivity index (χ0v) is 13.4. The quantitative estimate of drug-likeness (QED) is 0.851. The van der Waals surface area contributed by atoms with Crippen molar-refractivity contribution in [2.75, 3.05) is 33.2 Å². The molecule has 0 aliphatic carbocycles. The predicted octanol–water partition coefficient (Wildman–Crippen LogP) is 2.04. The molecule has 21 heavy (non-hydrogen) atoms. The number of likely N-dealkylation sites (tertiary alicyclic amines) is 1. The van der Waals surface area contributed by atoms with Gasteiger partial charge >= 0.3 is 0 Å². The van der Waals surface area contributed by atoms with Crippen molar-refractivity contribution in [2.24, 2.45) is 0 Å². The Bertz CT molecular complexity index is 461. The number of nitrogens with zero attached hydrogens (tertiary/aromatic N) is 4. The molecule has 0 spiro atoms. The van der Waals surface area contributed by atoms with E-state index in [1.165, 1.54) is 25.7 Å². The summed E-state index contributed by atoms with van der Waals surface area (Å²) in [6, 6.07) is 1.76. The highest BCUT2D eigenvalue weighted by Gasteiger charge is 2.16. The van der Waals surface area contributed by atoms with Crippen LogP contribution in [-0.4, -0.2) is 58.9 Å². The van der Waals surface area contributed by atoms with Gasteiger partial charge in [0.15, 0.2) is 0 Å². The van der Waals surface area contributed by atoms with Crippen molar-refractivity contribution in [3.8, 4) is 0 Å². The molecule has 0 N–H and O–H groups in total. The van der Waals surface area contributed by atoms with Gasteiger partial charge in [-0.15, -0.1) is 0 Å². The summed E-state index contributed by atoms with van der Waals surface area (Å²) >= 11 is 0. The van der Waals surface area contributed by atoms with Crippen molar-refractivity contribution in [2.45, 2.75) is 39.5 Å². The second-order valence-corrected chi connectivity index (χ2v) is 5.92. The average molecular weight is 290 g/mol. The van der Waals surface area contributed by atoms with Crippen molar-refractivity contribution >= 4 is 5.91 Å². The highest BCUT2D eigenvalue weighted by molar-refractivity contribution is 5.92. The standard InChI is InChI=1S/C16H26N4O/c1-13-12-15(18-14(2)17-13)16(21)19(3)10-11-20-8-6-4-5-7-9-20/h12H,4-11H2,1-3H3. The lowest BCUT2D eigenvalue weighted by molar-refractivity contribution is 0.0772. The number of carbonyl (C=O) groups is 1. The molecular formula is C16H26N4O. The summed E-state index contributed by atoms with van der Waals surface area (Å²) < 4.78 is 0. The SMILES string of the molecule is Cc1cc(C(=O)N(C)CCN2CCCCCC2)nc(C)n1. The molecule has 0 unspecified atom stereocenters. The maximum Gasteiger partial charge on any atom is 0.272 e. The highest BCUT2D eigenvalue weighted by Crippen LogP contribution is 2.10. The summed E-state index contributed by atoms with van der Waals surface area (Å²) in [6.07, 6.45) is 5.24. The maximum absolute atomic E-state index is 12.4. The van der Waals surface area contributed by atoms with Gasteiger partial charge in [0.1, 0.15) is 11.5 Å². The van der Waals surface area contributed by atoms with Crippen LogP contribution in [0.1, 0.15) is 47.7 Å². The van der Waals surface area contributed by atoms with Gasteiger partial charge in [-0.05, 0) is 45.8 Å². The molecule has 1 aliphatic rings. The van der Waals surface area contributed by atoms with E-state index >= 15 is 0 Å². The van der Waals surface area contributed by atoms with Gasteiger partial charge in [-0.25, -0.2) is 9.97 Å². The largest absolute Gasteiger partial charge is 0.339 e. The van der Waals surface area contributed by atoms with Crippen LogP contribution in [0.5, 0.6) is 0 Å². The Morgan fingerprint density at radius 1 is 1.19 bits per heavy atom. The molecule has 1 aliphatic heterocycles. The molecule has 2 rings (SSSR count). The minimum Gasteiger partial charge on any atom is -0.339 e. The monoisotopic (exact) mass is 290 g/mol. The summed E-state index contributed by atoms with van der Waals surface area (Å²) in [4.78, 5) is 25.1. The molecule has 0 saturated carbocycles. The van der Waals surface area contributed by atoms with Crippen LogP contribution >= 0.6 is 0 Å². The first-order chi connectivity index (χ1) is 10.1. The molecule has 5 heteroatoms. The lowest BCUT2D eigenvalue weighted by atomic mass is 10.2. The molecule has 1 aromatic heterocycles. The fourth-order valence-corrected chi connectivity index (χ4v) is 2.77. The van der Waals surface area contributed by atoms with Crippen LogP contribution in [0.25, 0.3) is 0 Å². The lowest BCUT2D eigenvalue weighted by Crippen LogP contribution is -2.37. The second-order valence-electron chi connectivity index (χ2n) is 5.92. The Labute approximate surface area is 127 Å². The van der Waals surface area contributed by atoms with Crippen molar-refractivity contribution in [3.63, 3.8) is 0 Å². The number of likely N-dealkylation sites (N-methyl/N-ethyl adjacent to an activating group) is 1. The van der Waals surface area contributed by atoms with Crippen LogP contribution in [0.3, 0.4) is 0 Å². The van der Waals surface area contributed by atoms with Gasteiger partial charge in [0.2, 0.25) is 0 Å². The first kappa shape index (κ1) is 15.9. The van der Waals surface area contributed by atoms with Crippen molar-refractivity contribution in [3.05, 3.63) is 23.3 Å². The van der Waals surface area contributed by atoms with Crippen molar-refractivity contribution in [1.29, 1.82) is 0 Å². The topological polar surface area (TPSA) is 49.3 Å². The Morgan fingerprint density at radius 3 is 2.48 bits per heavy atom. The Hall–Kier alpha value is -1.49. The number of aromatic nitrogens is 2. The fraction of sp³-hybridized carbons (Fsp3) is 0.688. The molecule has 116 valence electrons. The van der Waals surface area contributed by atoms with Gasteiger partial charge < -0.3 is 9.80 Å². The number of carbonyl (C=O) groups excluding carboxylic acids is 1. The Morgan fingerprint density at radius 2 is 1.86 bits per heavy atom. The molecule has 1 amide bonds. The molecule has 0 bridgehead atoms. The average Bonchev–Trinajstić information content (AvgIpc) is 2.71. The van der Waals surface area contributed by atoms with Crippen molar-refractivity contribution < 1.29 is 4.79 Å². The smallest absolute Gasteiger partial charge is 0.272 e. The molecule has 0 radical (unpaired) electrons. The molecular weight excluding hydrogens is 264 g/mol. The first-order valence-electron chi connectivity index (χ1n) is 7.86. The molecule has 1 saturated heterocycles. The number of amides is 1. The van der Waals surface area contributed by atoms with E-state index < -0.39 is 0 Å². The van der Waals surface area contributed by atoms with E-state index in [-0.39, 0.29) is 5.91 Å². The number of hydrogen-bond acceptors (Lipinski definition) is 4. The fourth-order valence-electron chi connectivity index (χ4n) is 2.77. The number of aryl methyl sites for hydroxylation is 2. The van der Waals surface area contributed by atoms with Gasteiger partial charge in [-0.3, -0.25) is 4.79 Å². The van der Waals surface area contributed by atoms with Crippen LogP contribution in [-0.2, 0) is 0 Å². The molecule has 0 atom stereocenters. The number of hydrogen-bond donors (Lipinski definition) is 0. The van der Waals surface area contributed by atoms with E-state index in [4.69, 9.17) is 0 Å². The third-order valence-corrected chi connectivity index (χ3v) is 3.98. The third-order valence-electron chi connectivity index (χ3n) is 3.98. The zero-order valence-electron chi connectivity index (χ0n) is 13.4. The first-order valence-corrected chi connectivity index (χ1v) is 7.86. The van der Waals surface area contributed by atoms with E-state index in [2.05, 4.69) is 14.9 Å². The minimum absolute atomic E-state index is 0.0154. The van der Waals surface area contributed by atoms with Crippen LogP contribution in [0, 0.1) is 13.8 Å². The Kier molecular flexibility index (Phi) is 5.67. The predicted molar refractivity (Wildman–Crippen MR) is 83.4 cm³/mol. The summed E-state index contributed by atoms with van der Waals surface area (Å²) in [6.45, 7) is 7.73. The van der Waals surface area contributed by atoms with Gasteiger partial charge in [-0.2, -0.15) is 0 Å². The summed E-state index contributed by atoms with van der Waals surface area (Å²) in [7, 11) is 1.85. The van der Waals surface area contributed by atoms with Crippen LogP contribution in [0.2, 0.25) is 0 Å². The van der Waals surface area contributed by atoms with Crippen LogP contribution in [0.4, 0.5) is 0 Å². The molecule has 0 aromatic carbocycles. The zero-order chi connectivity index (χ0) is 15.2. The second kappa shape index (κ2) is 7.50. The molecule has 1 aromatic rings. The lowest BCUT2D eigenvalue weighted by Gasteiger charge is -2.24. The number of rotatable bonds is 4. The van der Waals surface area contributed by atoms with Crippen LogP contribution < -0.4 is 0 Å². The summed E-state index contributed by atoms with van der Waals surface area (Å²) in [5.41, 5.74) is 1.34. The molecule has 1 fully saturated rings. The molecule has 5 nitrogen and oxygen atoms in total. The van der Waals surface area contributed by atoms with E-state index in [1.54, 1.807) is 11.0 Å². The normalized spacial score (nSPS) is 16.5. The van der Waals surface area contributed by atoms with E-state index in [0.29, 0.717) is 11.5 Å². The van der Waals surface area contributed by atoms with Crippen LogP contribution in [0.15, 0.2) is 6.07 Å². The summed E-state index contributed by atoms with van der Waals surface area (Å²) in [5.74, 6) is 0.637. The van der Waals surface area contributed by atoms with Gasteiger partial charge in [0.25, 0.3) is 5.91 Å². The third kappa shape index (κ3) is 4.77. The van der Waals surface area contributed by atoms with E-state index in [9.17, 15) is 4.79 Å². The minimum atomic E-state index is -0.0154. The van der Waals surface area contributed by atoms with Crippen molar-refractivity contribution in [1.82, 2.24) is 19.8 Å². The van der Waals surface area contributed by atoms with E-state index in [0.717, 1.165) is 31.9 Å². The Balaban J connectivity index is 1.89. The maximum atomic E-state index is 12.4.